The molecule has 0 aliphatic heterocycles. The van der Waals surface area contributed by atoms with Crippen LogP contribution in [0, 0.1) is 18.6 Å². The van der Waals surface area contributed by atoms with Gasteiger partial charge in [-0.2, -0.15) is 0 Å². The van der Waals surface area contributed by atoms with Gasteiger partial charge in [-0.25, -0.2) is 8.78 Å². The number of pyridine rings is 1. The van der Waals surface area contributed by atoms with Gasteiger partial charge >= 0.3 is 0 Å². The van der Waals surface area contributed by atoms with Gasteiger partial charge < -0.3 is 5.73 Å². The largest absolute Gasteiger partial charge is 0.366 e. The third-order valence-corrected chi connectivity index (χ3v) is 5.29. The monoisotopic (exact) mass is 432 g/mol. The standard InChI is InChI=1S/C20H14F2N4OS.ClH/c1-11-2-3-12(19(23)27)8-15(11)20-25-24-18-7-5-14(10-26(18)20)28-17-6-4-13(21)9-16(17)22;/h2-10H,1H3,(H2,23,27);1H. The van der Waals surface area contributed by atoms with E-state index in [9.17, 15) is 13.6 Å². The highest BCUT2D eigenvalue weighted by atomic mass is 35.5. The van der Waals surface area contributed by atoms with Crippen molar-refractivity contribution in [3.8, 4) is 11.4 Å². The third kappa shape index (κ3) is 4.08. The summed E-state index contributed by atoms with van der Waals surface area (Å²) in [7, 11) is 0. The number of carbonyl (C=O) groups is 1. The van der Waals surface area contributed by atoms with Crippen LogP contribution in [0.25, 0.3) is 17.0 Å². The number of nitrogens with two attached hydrogens (primary N) is 1. The lowest BCUT2D eigenvalue weighted by atomic mass is 10.0. The van der Waals surface area contributed by atoms with Gasteiger partial charge in [-0.3, -0.25) is 9.20 Å². The van der Waals surface area contributed by atoms with Crippen molar-refractivity contribution in [2.45, 2.75) is 16.7 Å². The van der Waals surface area contributed by atoms with Crippen LogP contribution in [0.3, 0.4) is 0 Å². The lowest BCUT2D eigenvalue weighted by Gasteiger charge is -2.08. The number of hydrogen-bond acceptors (Lipinski definition) is 4. The van der Waals surface area contributed by atoms with Crippen molar-refractivity contribution in [2.24, 2.45) is 5.73 Å². The molecule has 0 saturated carbocycles. The average Bonchev–Trinajstić information content (AvgIpc) is 3.07. The van der Waals surface area contributed by atoms with E-state index in [1.807, 2.05) is 6.92 Å². The Morgan fingerprint density at radius 3 is 2.59 bits per heavy atom. The predicted molar refractivity (Wildman–Crippen MR) is 109 cm³/mol. The Balaban J connectivity index is 0.00000240. The molecule has 0 atom stereocenters. The number of primary amides is 1. The first kappa shape index (κ1) is 20.8. The molecule has 2 aromatic heterocycles. The Hall–Kier alpha value is -2.97. The van der Waals surface area contributed by atoms with Gasteiger partial charge in [-0.15, -0.1) is 22.6 Å². The fourth-order valence-corrected chi connectivity index (χ4v) is 3.66. The van der Waals surface area contributed by atoms with E-state index in [0.29, 0.717) is 21.9 Å². The molecule has 2 N–H and O–H groups in total. The number of rotatable bonds is 4. The molecule has 1 amide bonds. The van der Waals surface area contributed by atoms with Gasteiger partial charge in [-0.1, -0.05) is 17.8 Å². The van der Waals surface area contributed by atoms with Gasteiger partial charge in [0.05, 0.1) is 0 Å². The zero-order chi connectivity index (χ0) is 19.8. The number of aromatic nitrogens is 3. The average molecular weight is 433 g/mol. The summed E-state index contributed by atoms with van der Waals surface area (Å²) in [4.78, 5) is 12.6. The molecule has 29 heavy (non-hydrogen) atoms. The zero-order valence-electron chi connectivity index (χ0n) is 15.1. The van der Waals surface area contributed by atoms with Crippen molar-refractivity contribution < 1.29 is 13.6 Å². The smallest absolute Gasteiger partial charge is 0.248 e. The van der Waals surface area contributed by atoms with E-state index in [-0.39, 0.29) is 12.4 Å². The Bertz CT molecular complexity index is 1230. The molecule has 2 heterocycles. The molecular weight excluding hydrogens is 418 g/mol. The molecule has 4 rings (SSSR count). The van der Waals surface area contributed by atoms with E-state index >= 15 is 0 Å². The fourth-order valence-electron chi connectivity index (χ4n) is 2.82. The SMILES string of the molecule is Cc1ccc(C(N)=O)cc1-c1nnc2ccc(Sc3ccc(F)cc3F)cn12.Cl. The minimum atomic E-state index is -0.626. The number of benzene rings is 2. The molecule has 0 fully saturated rings. The highest BCUT2D eigenvalue weighted by molar-refractivity contribution is 7.99. The molecule has 0 bridgehead atoms. The number of carbonyl (C=O) groups excluding carboxylic acids is 1. The predicted octanol–water partition coefficient (Wildman–Crippen LogP) is 4.65. The van der Waals surface area contributed by atoms with Crippen LogP contribution in [-0.2, 0) is 0 Å². The van der Waals surface area contributed by atoms with Crippen LogP contribution in [0.1, 0.15) is 15.9 Å². The first-order valence-corrected chi connectivity index (χ1v) is 9.12. The molecule has 0 radical (unpaired) electrons. The molecule has 0 saturated heterocycles. The number of aryl methyl sites for hydroxylation is 1. The molecule has 148 valence electrons. The fraction of sp³-hybridized carbons (Fsp3) is 0.0500. The summed E-state index contributed by atoms with van der Waals surface area (Å²) in [6, 6.07) is 12.1. The second kappa shape index (κ2) is 8.18. The van der Waals surface area contributed by atoms with Gasteiger partial charge in [0.2, 0.25) is 5.91 Å². The first-order chi connectivity index (χ1) is 13.4. The summed E-state index contributed by atoms with van der Waals surface area (Å²) in [5.41, 5.74) is 7.98. The highest BCUT2D eigenvalue weighted by Gasteiger charge is 2.14. The van der Waals surface area contributed by atoms with Gasteiger partial charge in [0.15, 0.2) is 11.5 Å². The molecule has 4 aromatic rings. The topological polar surface area (TPSA) is 73.3 Å². The maximum atomic E-state index is 14.0. The van der Waals surface area contributed by atoms with E-state index in [1.54, 1.807) is 40.9 Å². The van der Waals surface area contributed by atoms with Crippen molar-refractivity contribution >= 4 is 35.7 Å². The summed E-state index contributed by atoms with van der Waals surface area (Å²) in [5, 5.41) is 8.38. The summed E-state index contributed by atoms with van der Waals surface area (Å²) < 4.78 is 28.8. The van der Waals surface area contributed by atoms with Crippen LogP contribution in [0.15, 0.2) is 64.5 Å². The zero-order valence-corrected chi connectivity index (χ0v) is 16.7. The number of nitrogens with zero attached hydrogens (tertiary/aromatic N) is 3. The number of fused-ring (bicyclic) bond motifs is 1. The van der Waals surface area contributed by atoms with Crippen LogP contribution in [0.5, 0.6) is 0 Å². The Kier molecular flexibility index (Phi) is 5.86. The van der Waals surface area contributed by atoms with Crippen molar-refractivity contribution in [3.05, 3.63) is 77.5 Å². The minimum Gasteiger partial charge on any atom is -0.366 e. The number of amides is 1. The molecule has 5 nitrogen and oxygen atoms in total. The Labute approximate surface area is 175 Å². The van der Waals surface area contributed by atoms with Crippen LogP contribution in [0.4, 0.5) is 8.78 Å². The van der Waals surface area contributed by atoms with Gasteiger partial charge in [0.1, 0.15) is 11.6 Å². The molecular formula is C20H15ClF2N4OS. The van der Waals surface area contributed by atoms with Crippen molar-refractivity contribution in [1.82, 2.24) is 14.6 Å². The van der Waals surface area contributed by atoms with Crippen LogP contribution in [0.2, 0.25) is 0 Å². The highest BCUT2D eigenvalue weighted by Crippen LogP contribution is 2.31. The Morgan fingerprint density at radius 1 is 1.07 bits per heavy atom. The normalized spacial score (nSPS) is 10.7. The van der Waals surface area contributed by atoms with Gasteiger partial charge in [-0.05, 0) is 48.9 Å². The van der Waals surface area contributed by atoms with Crippen LogP contribution >= 0.6 is 24.2 Å². The molecule has 0 aliphatic carbocycles. The van der Waals surface area contributed by atoms with Gasteiger partial charge in [0, 0.05) is 33.2 Å². The second-order valence-corrected chi connectivity index (χ2v) is 7.30. The maximum Gasteiger partial charge on any atom is 0.248 e. The van der Waals surface area contributed by atoms with Crippen LogP contribution < -0.4 is 5.73 Å². The minimum absolute atomic E-state index is 0. The van der Waals surface area contributed by atoms with E-state index in [1.165, 1.54) is 23.9 Å². The van der Waals surface area contributed by atoms with E-state index < -0.39 is 17.5 Å². The quantitative estimate of drug-likeness (QED) is 0.509. The molecule has 0 aliphatic rings. The van der Waals surface area contributed by atoms with Gasteiger partial charge in [0.25, 0.3) is 0 Å². The summed E-state index contributed by atoms with van der Waals surface area (Å²) >= 11 is 1.17. The third-order valence-electron chi connectivity index (χ3n) is 4.26. The molecule has 0 unspecified atom stereocenters. The van der Waals surface area contributed by atoms with E-state index in [4.69, 9.17) is 5.73 Å². The summed E-state index contributed by atoms with van der Waals surface area (Å²) in [6.45, 7) is 1.90. The Morgan fingerprint density at radius 2 is 1.86 bits per heavy atom. The van der Waals surface area contributed by atoms with Crippen LogP contribution in [-0.4, -0.2) is 20.5 Å². The van der Waals surface area contributed by atoms with Crippen molar-refractivity contribution in [3.63, 3.8) is 0 Å². The molecule has 0 spiro atoms. The van der Waals surface area contributed by atoms with E-state index in [2.05, 4.69) is 10.2 Å². The summed E-state index contributed by atoms with van der Waals surface area (Å²) in [6.07, 6.45) is 1.77. The first-order valence-electron chi connectivity index (χ1n) is 8.31. The second-order valence-electron chi connectivity index (χ2n) is 6.19. The molecule has 2 aromatic carbocycles. The van der Waals surface area contributed by atoms with Crippen molar-refractivity contribution in [2.75, 3.05) is 0 Å². The lowest BCUT2D eigenvalue weighted by Crippen LogP contribution is -2.11. The number of hydrogen-bond donors (Lipinski definition) is 1. The summed E-state index contributed by atoms with van der Waals surface area (Å²) in [5.74, 6) is -1.24. The maximum absolute atomic E-state index is 14.0. The molecule has 9 heteroatoms. The number of halogens is 3. The van der Waals surface area contributed by atoms with Crippen molar-refractivity contribution in [1.29, 1.82) is 0 Å². The van der Waals surface area contributed by atoms with E-state index in [0.717, 1.165) is 22.1 Å². The lowest BCUT2D eigenvalue weighted by molar-refractivity contribution is 0.100.